The van der Waals surface area contributed by atoms with Crippen molar-refractivity contribution in [2.45, 2.75) is 488 Å². The zero-order valence-corrected chi connectivity index (χ0v) is 60.3. The van der Waals surface area contributed by atoms with Crippen LogP contribution < -0.4 is 5.32 Å². The molecule has 0 bridgehead atoms. The molecule has 0 heterocycles. The van der Waals surface area contributed by atoms with Gasteiger partial charge in [0.25, 0.3) is 0 Å². The van der Waals surface area contributed by atoms with Gasteiger partial charge in [0.2, 0.25) is 5.91 Å². The Morgan fingerprint density at radius 3 is 0.807 bits per heavy atom. The van der Waals surface area contributed by atoms with Gasteiger partial charge in [-0.25, -0.2) is 0 Å². The number of unbranched alkanes of at least 4 members (excludes halogenated alkanes) is 65. The maximum absolute atomic E-state index is 12.5. The normalized spacial score (nSPS) is 12.5. The van der Waals surface area contributed by atoms with Crippen LogP contribution in [0.5, 0.6) is 0 Å². The number of allylic oxidation sites excluding steroid dienone is 2. The van der Waals surface area contributed by atoms with Crippen molar-refractivity contribution in [3.63, 3.8) is 0 Å². The van der Waals surface area contributed by atoms with Crippen LogP contribution in [0.1, 0.15) is 476 Å². The van der Waals surface area contributed by atoms with Gasteiger partial charge in [0.05, 0.1) is 25.4 Å². The Morgan fingerprint density at radius 2 is 0.534 bits per heavy atom. The number of carbonyl (C=O) groups excluding carboxylic acids is 2. The van der Waals surface area contributed by atoms with E-state index in [0.717, 1.165) is 38.5 Å². The molecule has 0 saturated carbocycles. The molecule has 0 aromatic carbocycles. The van der Waals surface area contributed by atoms with E-state index in [0.29, 0.717) is 25.9 Å². The molecule has 0 aliphatic rings. The molecule has 0 aliphatic heterocycles. The summed E-state index contributed by atoms with van der Waals surface area (Å²) in [6.07, 6.45) is 99.0. The Morgan fingerprint density at radius 1 is 0.307 bits per heavy atom. The largest absolute Gasteiger partial charge is 0.466 e. The number of amides is 1. The first kappa shape index (κ1) is 86.6. The standard InChI is InChI=1S/C82H161NO5/c1-3-5-7-9-11-13-15-17-19-43-48-52-56-60-64-68-72-76-82(87)88-77-73-69-65-61-57-53-49-45-42-40-38-36-34-32-30-28-26-24-22-20-21-23-25-27-29-31-33-35-37-39-41-44-47-51-55-59-63-67-71-75-81(86)83-79(78-84)80(85)74-70-66-62-58-54-50-46-18-16-14-12-10-8-6-4-2/h17,19,79-80,84-85H,3-16,18,20-78H2,1-2H3,(H,83,86)/b19-17-. The van der Waals surface area contributed by atoms with Crippen molar-refractivity contribution >= 4 is 11.9 Å². The van der Waals surface area contributed by atoms with E-state index in [1.54, 1.807) is 0 Å². The molecule has 0 spiro atoms. The van der Waals surface area contributed by atoms with Gasteiger partial charge < -0.3 is 20.3 Å². The van der Waals surface area contributed by atoms with Gasteiger partial charge in [-0.2, -0.15) is 0 Å². The van der Waals surface area contributed by atoms with Crippen molar-refractivity contribution in [3.8, 4) is 0 Å². The highest BCUT2D eigenvalue weighted by Gasteiger charge is 2.20. The van der Waals surface area contributed by atoms with Crippen LogP contribution in [0.4, 0.5) is 0 Å². The van der Waals surface area contributed by atoms with Crippen LogP contribution in [-0.2, 0) is 14.3 Å². The zero-order chi connectivity index (χ0) is 63.5. The van der Waals surface area contributed by atoms with E-state index in [1.165, 1.54) is 405 Å². The van der Waals surface area contributed by atoms with Gasteiger partial charge in [-0.3, -0.25) is 9.59 Å². The lowest BCUT2D eigenvalue weighted by Gasteiger charge is -2.22. The number of rotatable bonds is 78. The Labute approximate surface area is 552 Å². The van der Waals surface area contributed by atoms with E-state index in [1.807, 2.05) is 0 Å². The Balaban J connectivity index is 3.27. The van der Waals surface area contributed by atoms with Crippen molar-refractivity contribution in [1.29, 1.82) is 0 Å². The maximum atomic E-state index is 12.5. The summed E-state index contributed by atoms with van der Waals surface area (Å²) in [5, 5.41) is 23.4. The van der Waals surface area contributed by atoms with Gasteiger partial charge in [-0.05, 0) is 51.4 Å². The van der Waals surface area contributed by atoms with Crippen LogP contribution in [0.25, 0.3) is 0 Å². The fourth-order valence-corrected chi connectivity index (χ4v) is 13.3. The number of hydrogen-bond donors (Lipinski definition) is 3. The van der Waals surface area contributed by atoms with E-state index < -0.39 is 12.1 Å². The number of hydrogen-bond acceptors (Lipinski definition) is 5. The lowest BCUT2D eigenvalue weighted by atomic mass is 10.0. The van der Waals surface area contributed by atoms with Gasteiger partial charge in [0, 0.05) is 12.8 Å². The molecule has 0 radical (unpaired) electrons. The minimum atomic E-state index is -0.659. The number of aliphatic hydroxyl groups is 2. The van der Waals surface area contributed by atoms with E-state index in [9.17, 15) is 19.8 Å². The van der Waals surface area contributed by atoms with E-state index in [-0.39, 0.29) is 18.5 Å². The molecule has 6 nitrogen and oxygen atoms in total. The summed E-state index contributed by atoms with van der Waals surface area (Å²) in [6, 6.07) is -0.536. The number of carbonyl (C=O) groups is 2. The molecule has 88 heavy (non-hydrogen) atoms. The van der Waals surface area contributed by atoms with Crippen molar-refractivity contribution < 1.29 is 24.5 Å². The molecule has 3 N–H and O–H groups in total. The van der Waals surface area contributed by atoms with Crippen LogP contribution in [0.3, 0.4) is 0 Å². The van der Waals surface area contributed by atoms with E-state index in [2.05, 4.69) is 31.3 Å². The molecule has 0 aliphatic carbocycles. The second-order valence-corrected chi connectivity index (χ2v) is 28.5. The minimum absolute atomic E-state index is 0.0219. The topological polar surface area (TPSA) is 95.9 Å². The molecule has 524 valence electrons. The first-order valence-corrected chi connectivity index (χ1v) is 40.9. The SMILES string of the molecule is CCCCCCCC/C=C\CCCCCCCCCC(=O)OCCCCCCCCCCCCCCCCCCCCCCCCCCCCCCCCCCCCCCCCCC(=O)NC(CO)C(O)CCCCCCCCCCCCCCCCC. The predicted octanol–water partition coefficient (Wildman–Crippen LogP) is 27.1. The second kappa shape index (κ2) is 78.0. The van der Waals surface area contributed by atoms with Crippen molar-refractivity contribution in [2.75, 3.05) is 13.2 Å². The van der Waals surface area contributed by atoms with Crippen molar-refractivity contribution in [2.24, 2.45) is 0 Å². The number of ether oxygens (including phenoxy) is 1. The summed E-state index contributed by atoms with van der Waals surface area (Å²) < 4.78 is 5.51. The molecular weight excluding hydrogens is 1080 g/mol. The van der Waals surface area contributed by atoms with E-state index in [4.69, 9.17) is 4.74 Å². The molecule has 0 aromatic rings. The smallest absolute Gasteiger partial charge is 0.305 e. The minimum Gasteiger partial charge on any atom is -0.466 e. The Bertz CT molecular complexity index is 1340. The molecule has 0 rings (SSSR count). The second-order valence-electron chi connectivity index (χ2n) is 28.5. The molecular formula is C82H161NO5. The third-order valence-electron chi connectivity index (χ3n) is 19.6. The summed E-state index contributed by atoms with van der Waals surface area (Å²) in [6.45, 7) is 5.00. The van der Waals surface area contributed by atoms with Crippen LogP contribution in [0, 0.1) is 0 Å². The first-order valence-electron chi connectivity index (χ1n) is 40.9. The summed E-state index contributed by atoms with van der Waals surface area (Å²) in [5.74, 6) is -0.00290. The summed E-state index contributed by atoms with van der Waals surface area (Å²) in [4.78, 5) is 24.6. The lowest BCUT2D eigenvalue weighted by Crippen LogP contribution is -2.45. The third kappa shape index (κ3) is 73.6. The highest BCUT2D eigenvalue weighted by molar-refractivity contribution is 5.76. The fraction of sp³-hybridized carbons (Fsp3) is 0.951. The van der Waals surface area contributed by atoms with Crippen molar-refractivity contribution in [3.05, 3.63) is 12.2 Å². The van der Waals surface area contributed by atoms with Crippen LogP contribution in [-0.4, -0.2) is 47.4 Å². The van der Waals surface area contributed by atoms with Gasteiger partial charge in [0.15, 0.2) is 0 Å². The predicted molar refractivity (Wildman–Crippen MR) is 389 cm³/mol. The highest BCUT2D eigenvalue weighted by Crippen LogP contribution is 2.21. The average Bonchev–Trinajstić information content (AvgIpc) is 3.59. The summed E-state index contributed by atoms with van der Waals surface area (Å²) in [5.41, 5.74) is 0. The van der Waals surface area contributed by atoms with Crippen LogP contribution >= 0.6 is 0 Å². The Kier molecular flexibility index (Phi) is 76.8. The molecule has 1 amide bonds. The van der Waals surface area contributed by atoms with Gasteiger partial charge in [-0.15, -0.1) is 0 Å². The quantitative estimate of drug-likeness (QED) is 0.0320. The van der Waals surface area contributed by atoms with Gasteiger partial charge in [-0.1, -0.05) is 424 Å². The number of esters is 1. The van der Waals surface area contributed by atoms with Gasteiger partial charge in [0.1, 0.15) is 0 Å². The molecule has 2 atom stereocenters. The molecule has 0 aromatic heterocycles. The van der Waals surface area contributed by atoms with Crippen molar-refractivity contribution in [1.82, 2.24) is 5.32 Å². The molecule has 0 fully saturated rings. The molecule has 2 unspecified atom stereocenters. The molecule has 6 heteroatoms. The summed E-state index contributed by atoms with van der Waals surface area (Å²) >= 11 is 0. The Hall–Kier alpha value is -1.40. The number of nitrogens with one attached hydrogen (secondary N) is 1. The van der Waals surface area contributed by atoms with E-state index >= 15 is 0 Å². The monoisotopic (exact) mass is 1240 g/mol. The maximum Gasteiger partial charge on any atom is 0.305 e. The zero-order valence-electron chi connectivity index (χ0n) is 60.3. The fourth-order valence-electron chi connectivity index (χ4n) is 13.3. The molecule has 0 saturated heterocycles. The highest BCUT2D eigenvalue weighted by atomic mass is 16.5. The van der Waals surface area contributed by atoms with Crippen LogP contribution in [0.15, 0.2) is 12.2 Å². The first-order chi connectivity index (χ1) is 43.5. The van der Waals surface area contributed by atoms with Crippen LogP contribution in [0.2, 0.25) is 0 Å². The van der Waals surface area contributed by atoms with Gasteiger partial charge >= 0.3 is 5.97 Å². The third-order valence-corrected chi connectivity index (χ3v) is 19.6. The number of aliphatic hydroxyl groups excluding tert-OH is 2. The average molecular weight is 1240 g/mol. The lowest BCUT2D eigenvalue weighted by molar-refractivity contribution is -0.143. The summed E-state index contributed by atoms with van der Waals surface area (Å²) in [7, 11) is 0.